The van der Waals surface area contributed by atoms with Crippen molar-refractivity contribution in [1.29, 1.82) is 0 Å². The van der Waals surface area contributed by atoms with Crippen LogP contribution < -0.4 is 19.1 Å². The number of hydrogen-bond acceptors (Lipinski definition) is 6. The predicted molar refractivity (Wildman–Crippen MR) is 122 cm³/mol. The lowest BCUT2D eigenvalue weighted by Gasteiger charge is -2.25. The molecule has 2 aromatic carbocycles. The first-order valence-corrected chi connectivity index (χ1v) is 11.6. The number of methoxy groups -OCH3 is 2. The normalized spacial score (nSPS) is 11.6. The second-order valence-electron chi connectivity index (χ2n) is 7.17. The minimum Gasteiger partial charge on any atom is -0.493 e. The van der Waals surface area contributed by atoms with Crippen LogP contribution in [-0.2, 0) is 27.5 Å². The summed E-state index contributed by atoms with van der Waals surface area (Å²) in [6.45, 7) is -0.767. The Labute approximate surface area is 200 Å². The van der Waals surface area contributed by atoms with Gasteiger partial charge < -0.3 is 14.8 Å². The fourth-order valence-corrected chi connectivity index (χ4v) is 4.56. The van der Waals surface area contributed by atoms with Gasteiger partial charge in [0.15, 0.2) is 11.5 Å². The van der Waals surface area contributed by atoms with Crippen molar-refractivity contribution >= 4 is 21.6 Å². The third-order valence-electron chi connectivity index (χ3n) is 4.88. The van der Waals surface area contributed by atoms with Gasteiger partial charge in [0.2, 0.25) is 5.91 Å². The number of hydrogen-bond donors (Lipinski definition) is 1. The van der Waals surface area contributed by atoms with E-state index in [-0.39, 0.29) is 28.6 Å². The SMILES string of the molecule is COc1ccc(S(=O)(=O)N(CC(=O)NCc2ccccn2)c2cccc(C(F)(F)F)c2)cc1OC. The number of ether oxygens (including phenoxy) is 2. The van der Waals surface area contributed by atoms with Gasteiger partial charge >= 0.3 is 6.18 Å². The lowest BCUT2D eigenvalue weighted by atomic mass is 10.2. The summed E-state index contributed by atoms with van der Waals surface area (Å²) in [7, 11) is -1.82. The first kappa shape index (κ1) is 25.8. The number of nitrogens with one attached hydrogen (secondary N) is 1. The van der Waals surface area contributed by atoms with Crippen LogP contribution in [0.1, 0.15) is 11.3 Å². The fourth-order valence-electron chi connectivity index (χ4n) is 3.13. The maximum absolute atomic E-state index is 13.5. The van der Waals surface area contributed by atoms with Crippen molar-refractivity contribution in [1.82, 2.24) is 10.3 Å². The van der Waals surface area contributed by atoms with E-state index in [1.165, 1.54) is 44.7 Å². The molecule has 0 bridgehead atoms. The highest BCUT2D eigenvalue weighted by Crippen LogP contribution is 2.35. The molecular formula is C23H22F3N3O5S. The van der Waals surface area contributed by atoms with Gasteiger partial charge in [0.05, 0.1) is 42.6 Å². The smallest absolute Gasteiger partial charge is 0.416 e. The number of benzene rings is 2. The third kappa shape index (κ3) is 6.21. The van der Waals surface area contributed by atoms with Crippen molar-refractivity contribution in [3.63, 3.8) is 0 Å². The van der Waals surface area contributed by atoms with Crippen molar-refractivity contribution in [2.75, 3.05) is 25.1 Å². The number of alkyl halides is 3. The molecule has 0 saturated heterocycles. The van der Waals surface area contributed by atoms with Gasteiger partial charge in [-0.2, -0.15) is 13.2 Å². The van der Waals surface area contributed by atoms with Crippen LogP contribution in [0.4, 0.5) is 18.9 Å². The molecule has 3 aromatic rings. The number of sulfonamides is 1. The Morgan fingerprint density at radius 3 is 2.37 bits per heavy atom. The van der Waals surface area contributed by atoms with Crippen molar-refractivity contribution in [3.8, 4) is 11.5 Å². The number of halogens is 3. The summed E-state index contributed by atoms with van der Waals surface area (Å²) in [5.41, 5.74) is -0.867. The highest BCUT2D eigenvalue weighted by molar-refractivity contribution is 7.92. The zero-order chi connectivity index (χ0) is 25.6. The molecule has 1 aromatic heterocycles. The monoisotopic (exact) mass is 509 g/mol. The topological polar surface area (TPSA) is 97.8 Å². The summed E-state index contributed by atoms with van der Waals surface area (Å²) in [5, 5.41) is 2.53. The van der Waals surface area contributed by atoms with Gasteiger partial charge in [-0.3, -0.25) is 14.1 Å². The van der Waals surface area contributed by atoms with Crippen molar-refractivity contribution in [2.45, 2.75) is 17.6 Å². The molecule has 0 atom stereocenters. The predicted octanol–water partition coefficient (Wildman–Crippen LogP) is 3.63. The average Bonchev–Trinajstić information content (AvgIpc) is 2.85. The molecule has 0 unspecified atom stereocenters. The lowest BCUT2D eigenvalue weighted by Crippen LogP contribution is -2.40. The minimum absolute atomic E-state index is 0.00646. The van der Waals surface area contributed by atoms with Crippen LogP contribution in [0.5, 0.6) is 11.5 Å². The Morgan fingerprint density at radius 1 is 1.00 bits per heavy atom. The third-order valence-corrected chi connectivity index (χ3v) is 6.65. The van der Waals surface area contributed by atoms with Gasteiger partial charge in [-0.05, 0) is 42.5 Å². The van der Waals surface area contributed by atoms with Gasteiger partial charge in [-0.15, -0.1) is 0 Å². The van der Waals surface area contributed by atoms with E-state index in [4.69, 9.17) is 9.47 Å². The van der Waals surface area contributed by atoms with E-state index in [1.807, 2.05) is 0 Å². The standard InChI is InChI=1S/C23H22F3N3O5S/c1-33-20-10-9-19(13-21(20)34-2)35(31,32)29(18-8-5-6-16(12-18)23(24,25)26)15-22(30)28-14-17-7-3-4-11-27-17/h3-13H,14-15H2,1-2H3,(H,28,30). The van der Waals surface area contributed by atoms with Gasteiger partial charge in [0.1, 0.15) is 6.54 Å². The van der Waals surface area contributed by atoms with E-state index in [1.54, 1.807) is 18.2 Å². The lowest BCUT2D eigenvalue weighted by molar-refractivity contribution is -0.137. The Bertz CT molecular complexity index is 1290. The average molecular weight is 510 g/mol. The second-order valence-corrected chi connectivity index (χ2v) is 9.04. The molecule has 1 amide bonds. The summed E-state index contributed by atoms with van der Waals surface area (Å²) in [4.78, 5) is 16.4. The molecule has 8 nitrogen and oxygen atoms in total. The summed E-state index contributed by atoms with van der Waals surface area (Å²) in [5.74, 6) is -0.389. The summed E-state index contributed by atoms with van der Waals surface area (Å²) >= 11 is 0. The maximum Gasteiger partial charge on any atom is 0.416 e. The molecule has 12 heteroatoms. The van der Waals surface area contributed by atoms with Crippen molar-refractivity contribution in [2.24, 2.45) is 0 Å². The number of nitrogens with zero attached hydrogens (tertiary/aromatic N) is 2. The second kappa shape index (κ2) is 10.6. The number of carbonyl (C=O) groups excluding carboxylic acids is 1. The van der Waals surface area contributed by atoms with Gasteiger partial charge in [-0.25, -0.2) is 8.42 Å². The number of anilines is 1. The summed E-state index contributed by atoms with van der Waals surface area (Å²) in [6.07, 6.45) is -3.19. The molecule has 0 aliphatic heterocycles. The van der Waals surface area contributed by atoms with Crippen LogP contribution in [-0.4, -0.2) is 40.1 Å². The quantitative estimate of drug-likeness (QED) is 0.473. The number of pyridine rings is 1. The van der Waals surface area contributed by atoms with Gasteiger partial charge in [0, 0.05) is 12.3 Å². The summed E-state index contributed by atoms with van der Waals surface area (Å²) in [6, 6.07) is 12.5. The Hall–Kier alpha value is -3.80. The van der Waals surface area contributed by atoms with Gasteiger partial charge in [-0.1, -0.05) is 12.1 Å². The van der Waals surface area contributed by atoms with Crippen LogP contribution in [0, 0.1) is 0 Å². The van der Waals surface area contributed by atoms with Crippen LogP contribution in [0.25, 0.3) is 0 Å². The van der Waals surface area contributed by atoms with Crippen LogP contribution in [0.2, 0.25) is 0 Å². The fraction of sp³-hybridized carbons (Fsp3) is 0.217. The molecule has 0 radical (unpaired) electrons. The number of carbonyl (C=O) groups is 1. The van der Waals surface area contributed by atoms with Crippen LogP contribution in [0.3, 0.4) is 0 Å². The highest BCUT2D eigenvalue weighted by Gasteiger charge is 2.33. The van der Waals surface area contributed by atoms with Crippen molar-refractivity contribution in [3.05, 3.63) is 78.1 Å². The number of amides is 1. The zero-order valence-corrected chi connectivity index (χ0v) is 19.6. The van der Waals surface area contributed by atoms with Crippen LogP contribution >= 0.6 is 0 Å². The van der Waals surface area contributed by atoms with Crippen molar-refractivity contribution < 1.29 is 35.9 Å². The van der Waals surface area contributed by atoms with Gasteiger partial charge in [0.25, 0.3) is 10.0 Å². The maximum atomic E-state index is 13.5. The zero-order valence-electron chi connectivity index (χ0n) is 18.7. The number of rotatable bonds is 9. The van der Waals surface area contributed by atoms with E-state index in [0.29, 0.717) is 16.1 Å². The molecule has 0 spiro atoms. The van der Waals surface area contributed by atoms with E-state index < -0.39 is 34.2 Å². The Kier molecular flexibility index (Phi) is 7.85. The molecule has 35 heavy (non-hydrogen) atoms. The Balaban J connectivity index is 2.00. The molecule has 1 N–H and O–H groups in total. The first-order valence-electron chi connectivity index (χ1n) is 10.1. The first-order chi connectivity index (χ1) is 16.6. The van der Waals surface area contributed by atoms with Crippen LogP contribution in [0.15, 0.2) is 71.8 Å². The molecule has 0 aliphatic rings. The minimum atomic E-state index is -4.71. The Morgan fingerprint density at radius 2 is 1.74 bits per heavy atom. The molecule has 0 aliphatic carbocycles. The number of aromatic nitrogens is 1. The molecule has 1 heterocycles. The van der Waals surface area contributed by atoms with E-state index in [2.05, 4.69) is 10.3 Å². The molecule has 186 valence electrons. The van der Waals surface area contributed by atoms with E-state index >= 15 is 0 Å². The van der Waals surface area contributed by atoms with E-state index in [0.717, 1.165) is 12.1 Å². The molecule has 3 rings (SSSR count). The molecule has 0 fully saturated rings. The summed E-state index contributed by atoms with van der Waals surface area (Å²) < 4.78 is 77.9. The highest BCUT2D eigenvalue weighted by atomic mass is 32.2. The van der Waals surface area contributed by atoms with E-state index in [9.17, 15) is 26.4 Å². The molecule has 0 saturated carbocycles. The largest absolute Gasteiger partial charge is 0.493 e. The molecular weight excluding hydrogens is 487 g/mol.